The van der Waals surface area contributed by atoms with E-state index in [4.69, 9.17) is 11.6 Å². The fourth-order valence-corrected chi connectivity index (χ4v) is 3.88. The van der Waals surface area contributed by atoms with Crippen LogP contribution in [0, 0.1) is 19.7 Å². The van der Waals surface area contributed by atoms with Crippen LogP contribution in [0.15, 0.2) is 42.6 Å². The Labute approximate surface area is 179 Å². The van der Waals surface area contributed by atoms with Crippen molar-refractivity contribution in [2.24, 2.45) is 0 Å². The molecule has 30 heavy (non-hydrogen) atoms. The fraction of sp³-hybridized carbons (Fsp3) is 0.318. The summed E-state index contributed by atoms with van der Waals surface area (Å²) in [6, 6.07) is 9.91. The van der Waals surface area contributed by atoms with E-state index in [1.807, 2.05) is 30.9 Å². The van der Waals surface area contributed by atoms with Gasteiger partial charge in [0.05, 0.1) is 22.8 Å². The maximum Gasteiger partial charge on any atom is 0.227 e. The number of nitrogens with zero attached hydrogens (tertiary/aromatic N) is 5. The van der Waals surface area contributed by atoms with Crippen molar-refractivity contribution < 1.29 is 9.18 Å². The molecular formula is C22H23ClFN5O. The van der Waals surface area contributed by atoms with Crippen LogP contribution in [0.3, 0.4) is 0 Å². The van der Waals surface area contributed by atoms with Gasteiger partial charge in [-0.1, -0.05) is 11.6 Å². The van der Waals surface area contributed by atoms with Gasteiger partial charge in [-0.05, 0) is 50.2 Å². The zero-order valence-corrected chi connectivity index (χ0v) is 17.7. The van der Waals surface area contributed by atoms with Gasteiger partial charge in [-0.3, -0.25) is 4.79 Å². The highest BCUT2D eigenvalue weighted by Crippen LogP contribution is 2.21. The van der Waals surface area contributed by atoms with E-state index in [0.29, 0.717) is 24.5 Å². The molecule has 0 atom stereocenters. The largest absolute Gasteiger partial charge is 0.353 e. The first-order valence-electron chi connectivity index (χ1n) is 9.87. The monoisotopic (exact) mass is 427 g/mol. The van der Waals surface area contributed by atoms with Gasteiger partial charge in [0.1, 0.15) is 11.6 Å². The van der Waals surface area contributed by atoms with Crippen LogP contribution in [0.1, 0.15) is 17.0 Å². The molecule has 1 aliphatic heterocycles. The summed E-state index contributed by atoms with van der Waals surface area (Å²) in [4.78, 5) is 21.3. The number of aromatic nitrogens is 3. The molecule has 0 N–H and O–H groups in total. The first-order valence-corrected chi connectivity index (χ1v) is 10.3. The van der Waals surface area contributed by atoms with E-state index in [0.717, 1.165) is 41.5 Å². The second kappa shape index (κ2) is 8.44. The molecule has 6 nitrogen and oxygen atoms in total. The summed E-state index contributed by atoms with van der Waals surface area (Å²) < 4.78 is 15.0. The average Bonchev–Trinajstić information content (AvgIpc) is 3.03. The summed E-state index contributed by atoms with van der Waals surface area (Å²) in [6.07, 6.45) is 1.94. The van der Waals surface area contributed by atoms with Crippen molar-refractivity contribution in [1.82, 2.24) is 19.7 Å². The topological polar surface area (TPSA) is 54.3 Å². The van der Waals surface area contributed by atoms with Crippen molar-refractivity contribution in [3.8, 4) is 5.69 Å². The molecule has 1 amide bonds. The van der Waals surface area contributed by atoms with Gasteiger partial charge in [0.25, 0.3) is 0 Å². The Bertz CT molecular complexity index is 1040. The normalized spacial score (nSPS) is 14.3. The third kappa shape index (κ3) is 4.16. The van der Waals surface area contributed by atoms with Crippen molar-refractivity contribution in [2.45, 2.75) is 20.3 Å². The Morgan fingerprint density at radius 3 is 2.40 bits per heavy atom. The molecule has 1 fully saturated rings. The van der Waals surface area contributed by atoms with E-state index in [1.165, 1.54) is 12.1 Å². The zero-order chi connectivity index (χ0) is 21.3. The molecular weight excluding hydrogens is 405 g/mol. The van der Waals surface area contributed by atoms with Gasteiger partial charge in [0.15, 0.2) is 0 Å². The number of pyridine rings is 1. The smallest absolute Gasteiger partial charge is 0.227 e. The number of aryl methyl sites for hydroxylation is 1. The number of hydrogen-bond acceptors (Lipinski definition) is 4. The van der Waals surface area contributed by atoms with Crippen LogP contribution >= 0.6 is 11.6 Å². The number of carbonyl (C=O) groups excluding carboxylic acids is 1. The number of carbonyl (C=O) groups is 1. The van der Waals surface area contributed by atoms with Crippen molar-refractivity contribution in [1.29, 1.82) is 0 Å². The highest BCUT2D eigenvalue weighted by molar-refractivity contribution is 6.30. The van der Waals surface area contributed by atoms with Gasteiger partial charge in [-0.15, -0.1) is 0 Å². The van der Waals surface area contributed by atoms with Crippen LogP contribution in [-0.4, -0.2) is 51.8 Å². The van der Waals surface area contributed by atoms with Gasteiger partial charge < -0.3 is 9.80 Å². The van der Waals surface area contributed by atoms with E-state index in [2.05, 4.69) is 15.0 Å². The number of hydrogen-bond donors (Lipinski definition) is 0. The predicted molar refractivity (Wildman–Crippen MR) is 115 cm³/mol. The number of benzene rings is 1. The minimum atomic E-state index is -0.288. The van der Waals surface area contributed by atoms with E-state index in [9.17, 15) is 9.18 Å². The number of rotatable bonds is 4. The molecule has 1 saturated heterocycles. The minimum Gasteiger partial charge on any atom is -0.353 e. The summed E-state index contributed by atoms with van der Waals surface area (Å²) in [5.74, 6) is 0.672. The molecule has 1 aliphatic rings. The molecule has 1 aromatic carbocycles. The van der Waals surface area contributed by atoms with E-state index in [1.54, 1.807) is 23.0 Å². The van der Waals surface area contributed by atoms with E-state index in [-0.39, 0.29) is 11.7 Å². The second-order valence-corrected chi connectivity index (χ2v) is 7.85. The molecule has 3 heterocycles. The lowest BCUT2D eigenvalue weighted by Crippen LogP contribution is -2.49. The molecule has 0 unspecified atom stereocenters. The SMILES string of the molecule is Cc1nn(-c2ccc(F)cc2)c(C)c1CC(=O)N1CCN(c2ccc(Cl)cn2)CC1. The van der Waals surface area contributed by atoms with E-state index < -0.39 is 0 Å². The molecule has 0 radical (unpaired) electrons. The van der Waals surface area contributed by atoms with Crippen LogP contribution in [0.2, 0.25) is 5.02 Å². The Kier molecular flexibility index (Phi) is 5.72. The van der Waals surface area contributed by atoms with Crippen LogP contribution < -0.4 is 4.90 Å². The molecule has 0 spiro atoms. The lowest BCUT2D eigenvalue weighted by Gasteiger charge is -2.35. The lowest BCUT2D eigenvalue weighted by molar-refractivity contribution is -0.130. The molecule has 3 aromatic rings. The number of amides is 1. The Hall–Kier alpha value is -2.93. The summed E-state index contributed by atoms with van der Waals surface area (Å²) in [7, 11) is 0. The third-order valence-electron chi connectivity index (χ3n) is 5.51. The number of piperazine rings is 1. The quantitative estimate of drug-likeness (QED) is 0.638. The van der Waals surface area contributed by atoms with Crippen molar-refractivity contribution in [3.05, 3.63) is 70.4 Å². The molecule has 0 aliphatic carbocycles. The van der Waals surface area contributed by atoms with Crippen LogP contribution in [0.25, 0.3) is 5.69 Å². The maximum atomic E-state index is 13.2. The highest BCUT2D eigenvalue weighted by atomic mass is 35.5. The van der Waals surface area contributed by atoms with Gasteiger partial charge in [-0.25, -0.2) is 14.1 Å². The average molecular weight is 428 g/mol. The molecule has 0 saturated carbocycles. The second-order valence-electron chi connectivity index (χ2n) is 7.42. The Morgan fingerprint density at radius 1 is 1.07 bits per heavy atom. The van der Waals surface area contributed by atoms with Crippen LogP contribution in [-0.2, 0) is 11.2 Å². The van der Waals surface area contributed by atoms with Crippen molar-refractivity contribution >= 4 is 23.3 Å². The summed E-state index contributed by atoms with van der Waals surface area (Å²) >= 11 is 5.91. The maximum absolute atomic E-state index is 13.2. The highest BCUT2D eigenvalue weighted by Gasteiger charge is 2.24. The van der Waals surface area contributed by atoms with Crippen LogP contribution in [0.5, 0.6) is 0 Å². The van der Waals surface area contributed by atoms with Gasteiger partial charge in [0.2, 0.25) is 5.91 Å². The summed E-state index contributed by atoms with van der Waals surface area (Å²) in [5.41, 5.74) is 3.41. The molecule has 4 rings (SSSR count). The van der Waals surface area contributed by atoms with Gasteiger partial charge in [0, 0.05) is 43.6 Å². The summed E-state index contributed by atoms with van der Waals surface area (Å²) in [6.45, 7) is 6.59. The third-order valence-corrected chi connectivity index (χ3v) is 5.73. The number of anilines is 1. The van der Waals surface area contributed by atoms with Gasteiger partial charge in [-0.2, -0.15) is 5.10 Å². The minimum absolute atomic E-state index is 0.0866. The fourth-order valence-electron chi connectivity index (χ4n) is 3.77. The standard InChI is InChI=1S/C22H23ClFN5O/c1-15-20(16(2)29(26-15)19-6-4-18(24)5-7-19)13-22(30)28-11-9-27(10-12-28)21-8-3-17(23)14-25-21/h3-8,14H,9-13H2,1-2H3. The predicted octanol–water partition coefficient (Wildman–Crippen LogP) is 3.57. The van der Waals surface area contributed by atoms with Crippen LogP contribution in [0.4, 0.5) is 10.2 Å². The molecule has 8 heteroatoms. The zero-order valence-electron chi connectivity index (χ0n) is 17.0. The summed E-state index contributed by atoms with van der Waals surface area (Å²) in [5, 5.41) is 5.17. The molecule has 0 bridgehead atoms. The lowest BCUT2D eigenvalue weighted by atomic mass is 10.1. The Morgan fingerprint density at radius 2 is 1.77 bits per heavy atom. The first kappa shape index (κ1) is 20.3. The Balaban J connectivity index is 1.42. The number of halogens is 2. The van der Waals surface area contributed by atoms with Crippen molar-refractivity contribution in [2.75, 3.05) is 31.1 Å². The van der Waals surface area contributed by atoms with Crippen molar-refractivity contribution in [3.63, 3.8) is 0 Å². The molecule has 2 aromatic heterocycles. The molecule has 156 valence electrons. The van der Waals surface area contributed by atoms with Gasteiger partial charge >= 0.3 is 0 Å². The first-order chi connectivity index (χ1) is 14.4. The van der Waals surface area contributed by atoms with E-state index >= 15 is 0 Å².